The third-order valence-corrected chi connectivity index (χ3v) is 5.28. The van der Waals surface area contributed by atoms with E-state index in [0.29, 0.717) is 6.42 Å². The highest BCUT2D eigenvalue weighted by Crippen LogP contribution is 2.24. The molecule has 1 N–H and O–H groups in total. The second-order valence-electron chi connectivity index (χ2n) is 8.07. The summed E-state index contributed by atoms with van der Waals surface area (Å²) in [5, 5.41) is 10.4. The minimum atomic E-state index is -0.529. The summed E-state index contributed by atoms with van der Waals surface area (Å²) in [6.45, 7) is 2.95. The first-order valence-electron chi connectivity index (χ1n) is 10.6. The molecule has 0 unspecified atom stereocenters. The van der Waals surface area contributed by atoms with Gasteiger partial charge in [0.05, 0.1) is 6.10 Å². The molecule has 0 amide bonds. The highest BCUT2D eigenvalue weighted by molar-refractivity contribution is 5.64. The molecule has 1 aromatic heterocycles. The zero-order chi connectivity index (χ0) is 21.3. The van der Waals surface area contributed by atoms with Crippen LogP contribution >= 0.6 is 0 Å². The number of rotatable bonds is 10. The Bertz CT molecular complexity index is 894. The van der Waals surface area contributed by atoms with Crippen molar-refractivity contribution in [3.8, 4) is 16.9 Å². The molecule has 30 heavy (non-hydrogen) atoms. The zero-order valence-electron chi connectivity index (χ0n) is 18.2. The van der Waals surface area contributed by atoms with E-state index in [1.807, 2.05) is 37.4 Å². The molecule has 2 aromatic carbocycles. The Balaban J connectivity index is 1.55. The van der Waals surface area contributed by atoms with E-state index in [-0.39, 0.29) is 6.10 Å². The highest BCUT2D eigenvalue weighted by Gasteiger charge is 2.16. The van der Waals surface area contributed by atoms with Gasteiger partial charge in [-0.15, -0.1) is 0 Å². The smallest absolute Gasteiger partial charge is 0.122 e. The number of hydrogen-bond acceptors (Lipinski definition) is 4. The summed E-state index contributed by atoms with van der Waals surface area (Å²) in [5.74, 6) is 0.774. The molecule has 0 aliphatic carbocycles. The van der Waals surface area contributed by atoms with Gasteiger partial charge in [-0.3, -0.25) is 4.98 Å². The molecular weight excluding hydrogens is 372 g/mol. The molecule has 0 bridgehead atoms. The fourth-order valence-corrected chi connectivity index (χ4v) is 3.37. The molecule has 3 aromatic rings. The van der Waals surface area contributed by atoms with Crippen molar-refractivity contribution < 1.29 is 9.84 Å². The largest absolute Gasteiger partial charge is 0.488 e. The summed E-state index contributed by atoms with van der Waals surface area (Å²) in [7, 11) is 4.19. The van der Waals surface area contributed by atoms with Crippen LogP contribution in [-0.4, -0.2) is 47.8 Å². The van der Waals surface area contributed by atoms with Crippen molar-refractivity contribution in [2.45, 2.75) is 38.4 Å². The summed E-state index contributed by atoms with van der Waals surface area (Å²) < 4.78 is 5.97. The van der Waals surface area contributed by atoms with Gasteiger partial charge in [-0.1, -0.05) is 42.5 Å². The van der Waals surface area contributed by atoms with Gasteiger partial charge >= 0.3 is 0 Å². The lowest BCUT2D eigenvalue weighted by molar-refractivity contribution is 0.0420. The van der Waals surface area contributed by atoms with Crippen LogP contribution in [0.15, 0.2) is 73.1 Å². The molecule has 4 heteroatoms. The Hall–Kier alpha value is -2.69. The first-order chi connectivity index (χ1) is 14.5. The molecule has 0 radical (unpaired) electrons. The molecule has 0 aliphatic heterocycles. The summed E-state index contributed by atoms with van der Waals surface area (Å²) in [4.78, 5) is 6.32. The van der Waals surface area contributed by atoms with Crippen molar-refractivity contribution in [1.29, 1.82) is 0 Å². The molecule has 3 rings (SSSR count). The predicted molar refractivity (Wildman–Crippen MR) is 123 cm³/mol. The molecular formula is C26H32N2O2. The Morgan fingerprint density at radius 1 is 0.933 bits per heavy atom. The normalized spacial score (nSPS) is 13.2. The first kappa shape index (κ1) is 22.0. The van der Waals surface area contributed by atoms with Gasteiger partial charge in [-0.25, -0.2) is 0 Å². The van der Waals surface area contributed by atoms with Crippen molar-refractivity contribution in [2.75, 3.05) is 20.6 Å². The molecule has 4 nitrogen and oxygen atoms in total. The van der Waals surface area contributed by atoms with Crippen LogP contribution in [0.4, 0.5) is 0 Å². The van der Waals surface area contributed by atoms with Crippen molar-refractivity contribution in [1.82, 2.24) is 9.88 Å². The standard InChI is InChI=1S/C26H32N2O2/c1-20(26(29)14-9-22-7-5-16-27-19-22)30-25-12-10-23(11-13-25)24-8-4-6-21(18-24)15-17-28(2)3/h4-8,10-13,16,18-20,26,29H,9,14-15,17H2,1-3H3/t20-,26+/m0/s1. The summed E-state index contributed by atoms with van der Waals surface area (Å²) in [6.07, 6.45) is 5.26. The predicted octanol–water partition coefficient (Wildman–Crippen LogP) is 4.61. The molecule has 0 saturated carbocycles. The summed E-state index contributed by atoms with van der Waals surface area (Å²) in [5.41, 5.74) is 4.84. The number of hydrogen-bond donors (Lipinski definition) is 1. The minimum absolute atomic E-state index is 0.276. The van der Waals surface area contributed by atoms with Gasteiger partial charge in [0.2, 0.25) is 0 Å². The quantitative estimate of drug-likeness (QED) is 0.536. The average molecular weight is 405 g/mol. The van der Waals surface area contributed by atoms with Gasteiger partial charge in [0.15, 0.2) is 0 Å². The molecule has 1 heterocycles. The van der Waals surface area contributed by atoms with Crippen LogP contribution in [0.1, 0.15) is 24.5 Å². The van der Waals surface area contributed by atoms with Crippen LogP contribution in [0, 0.1) is 0 Å². The van der Waals surface area contributed by atoms with E-state index in [1.165, 1.54) is 16.7 Å². The van der Waals surface area contributed by atoms with Gasteiger partial charge in [-0.05, 0) is 80.7 Å². The topological polar surface area (TPSA) is 45.6 Å². The number of aromatic nitrogens is 1. The van der Waals surface area contributed by atoms with E-state index in [2.05, 4.69) is 60.4 Å². The van der Waals surface area contributed by atoms with Crippen molar-refractivity contribution in [3.05, 3.63) is 84.2 Å². The fourth-order valence-electron chi connectivity index (χ4n) is 3.37. The number of aliphatic hydroxyl groups excluding tert-OH is 1. The Morgan fingerprint density at radius 3 is 2.40 bits per heavy atom. The molecule has 0 spiro atoms. The third-order valence-electron chi connectivity index (χ3n) is 5.28. The second kappa shape index (κ2) is 10.9. The van der Waals surface area contributed by atoms with E-state index < -0.39 is 6.10 Å². The monoisotopic (exact) mass is 404 g/mol. The minimum Gasteiger partial charge on any atom is -0.488 e. The SMILES string of the molecule is C[C@H](Oc1ccc(-c2cccc(CCN(C)C)c2)cc1)[C@H](O)CCc1cccnc1. The van der Waals surface area contributed by atoms with Crippen molar-refractivity contribution in [2.24, 2.45) is 0 Å². The van der Waals surface area contributed by atoms with E-state index in [9.17, 15) is 5.11 Å². The van der Waals surface area contributed by atoms with Crippen LogP contribution in [0.3, 0.4) is 0 Å². The fraction of sp³-hybridized carbons (Fsp3) is 0.346. The van der Waals surface area contributed by atoms with Crippen LogP contribution < -0.4 is 4.74 Å². The number of aliphatic hydroxyl groups is 1. The van der Waals surface area contributed by atoms with Gasteiger partial charge in [-0.2, -0.15) is 0 Å². The lowest BCUT2D eigenvalue weighted by atomic mass is 10.0. The number of nitrogens with zero attached hydrogens (tertiary/aromatic N) is 2. The maximum Gasteiger partial charge on any atom is 0.122 e. The Morgan fingerprint density at radius 2 is 1.70 bits per heavy atom. The van der Waals surface area contributed by atoms with E-state index >= 15 is 0 Å². The zero-order valence-corrected chi connectivity index (χ0v) is 18.2. The van der Waals surface area contributed by atoms with Crippen LogP contribution in [0.5, 0.6) is 5.75 Å². The van der Waals surface area contributed by atoms with E-state index in [4.69, 9.17) is 4.74 Å². The van der Waals surface area contributed by atoms with Crippen LogP contribution in [0.25, 0.3) is 11.1 Å². The number of pyridine rings is 1. The second-order valence-corrected chi connectivity index (χ2v) is 8.07. The van der Waals surface area contributed by atoms with Crippen molar-refractivity contribution in [3.63, 3.8) is 0 Å². The lowest BCUT2D eigenvalue weighted by Crippen LogP contribution is -2.29. The molecule has 0 fully saturated rings. The van der Waals surface area contributed by atoms with Gasteiger partial charge in [0.25, 0.3) is 0 Å². The van der Waals surface area contributed by atoms with E-state index in [1.54, 1.807) is 6.20 Å². The summed E-state index contributed by atoms with van der Waals surface area (Å²) >= 11 is 0. The highest BCUT2D eigenvalue weighted by atomic mass is 16.5. The van der Waals surface area contributed by atoms with Crippen LogP contribution in [-0.2, 0) is 12.8 Å². The lowest BCUT2D eigenvalue weighted by Gasteiger charge is -2.20. The summed E-state index contributed by atoms with van der Waals surface area (Å²) in [6, 6.07) is 20.7. The van der Waals surface area contributed by atoms with Gasteiger partial charge in [0.1, 0.15) is 11.9 Å². The van der Waals surface area contributed by atoms with Gasteiger partial charge in [0, 0.05) is 18.9 Å². The van der Waals surface area contributed by atoms with E-state index in [0.717, 1.165) is 30.7 Å². The molecule has 158 valence electrons. The maximum absolute atomic E-state index is 10.4. The molecule has 2 atom stereocenters. The number of ether oxygens (including phenoxy) is 1. The average Bonchev–Trinajstić information content (AvgIpc) is 2.77. The first-order valence-corrected chi connectivity index (χ1v) is 10.6. The Labute approximate surface area is 180 Å². The number of likely N-dealkylation sites (N-methyl/N-ethyl adjacent to an activating group) is 1. The van der Waals surface area contributed by atoms with Crippen molar-refractivity contribution >= 4 is 0 Å². The number of benzene rings is 2. The number of aryl methyl sites for hydroxylation is 1. The molecule has 0 aliphatic rings. The van der Waals surface area contributed by atoms with Crippen LogP contribution in [0.2, 0.25) is 0 Å². The molecule has 0 saturated heterocycles. The maximum atomic E-state index is 10.4. The van der Waals surface area contributed by atoms with Gasteiger partial charge < -0.3 is 14.7 Å². The Kier molecular flexibility index (Phi) is 8.00. The third kappa shape index (κ3) is 6.68.